The minimum atomic E-state index is -1.35. The van der Waals surface area contributed by atoms with Gasteiger partial charge >= 0.3 is 5.97 Å². The molecule has 1 aliphatic heterocycles. The second-order valence-corrected chi connectivity index (χ2v) is 6.20. The van der Waals surface area contributed by atoms with Gasteiger partial charge in [-0.05, 0) is 43.9 Å². The molecule has 1 heterocycles. The molecule has 114 valence electrons. The molecule has 3 rings (SSSR count). The smallest absolute Gasteiger partial charge is 0.344 e. The van der Waals surface area contributed by atoms with Crippen molar-refractivity contribution in [1.82, 2.24) is 5.32 Å². The van der Waals surface area contributed by atoms with Crippen molar-refractivity contribution in [2.75, 3.05) is 13.1 Å². The van der Waals surface area contributed by atoms with Crippen LogP contribution in [0.3, 0.4) is 0 Å². The Morgan fingerprint density at radius 1 is 1.14 bits per heavy atom. The summed E-state index contributed by atoms with van der Waals surface area (Å²) >= 11 is 0. The van der Waals surface area contributed by atoms with E-state index in [9.17, 15) is 9.90 Å². The van der Waals surface area contributed by atoms with E-state index in [2.05, 4.69) is 5.32 Å². The van der Waals surface area contributed by atoms with Crippen molar-refractivity contribution < 1.29 is 14.6 Å². The molecule has 1 saturated carbocycles. The summed E-state index contributed by atoms with van der Waals surface area (Å²) in [6, 6.07) is 9.03. The molecule has 2 fully saturated rings. The molecule has 0 amide bonds. The minimum Gasteiger partial charge on any atom is -0.424 e. The van der Waals surface area contributed by atoms with Gasteiger partial charge in [0, 0.05) is 12.5 Å². The number of hydrogen-bond donors (Lipinski definition) is 2. The number of rotatable bonds is 4. The fraction of sp³-hybridized carbons (Fsp3) is 0.588. The SMILES string of the molecule is O=C(Oc1ccccc1)C(O)(C1CCCC1)C1CCNC1. The van der Waals surface area contributed by atoms with E-state index in [-0.39, 0.29) is 11.8 Å². The van der Waals surface area contributed by atoms with Crippen LogP contribution < -0.4 is 10.1 Å². The van der Waals surface area contributed by atoms with Crippen LogP contribution in [0.1, 0.15) is 32.1 Å². The van der Waals surface area contributed by atoms with Gasteiger partial charge in [-0.1, -0.05) is 31.0 Å². The average molecular weight is 289 g/mol. The zero-order valence-electron chi connectivity index (χ0n) is 12.3. The molecule has 0 bridgehead atoms. The summed E-state index contributed by atoms with van der Waals surface area (Å²) in [6.07, 6.45) is 4.84. The summed E-state index contributed by atoms with van der Waals surface area (Å²) in [7, 11) is 0. The lowest BCUT2D eigenvalue weighted by molar-refractivity contribution is -0.169. The van der Waals surface area contributed by atoms with Gasteiger partial charge in [0.15, 0.2) is 5.60 Å². The topological polar surface area (TPSA) is 58.6 Å². The van der Waals surface area contributed by atoms with E-state index in [1.807, 2.05) is 18.2 Å². The molecule has 4 heteroatoms. The zero-order chi connectivity index (χ0) is 14.7. The Labute approximate surface area is 125 Å². The van der Waals surface area contributed by atoms with Gasteiger partial charge in [0.2, 0.25) is 0 Å². The highest BCUT2D eigenvalue weighted by Gasteiger charge is 2.52. The first-order valence-corrected chi connectivity index (χ1v) is 7.91. The van der Waals surface area contributed by atoms with E-state index in [0.717, 1.165) is 38.6 Å². The molecule has 4 nitrogen and oxygen atoms in total. The molecule has 1 saturated heterocycles. The molecule has 2 unspecified atom stereocenters. The van der Waals surface area contributed by atoms with Crippen molar-refractivity contribution in [3.05, 3.63) is 30.3 Å². The van der Waals surface area contributed by atoms with Crippen LogP contribution in [0.15, 0.2) is 30.3 Å². The van der Waals surface area contributed by atoms with Gasteiger partial charge < -0.3 is 15.2 Å². The highest BCUT2D eigenvalue weighted by molar-refractivity contribution is 5.82. The first-order chi connectivity index (χ1) is 10.2. The Morgan fingerprint density at radius 2 is 1.86 bits per heavy atom. The second kappa shape index (κ2) is 6.16. The highest BCUT2D eigenvalue weighted by atomic mass is 16.6. The molecule has 21 heavy (non-hydrogen) atoms. The van der Waals surface area contributed by atoms with Crippen molar-refractivity contribution in [2.45, 2.75) is 37.7 Å². The fourth-order valence-electron chi connectivity index (χ4n) is 3.74. The first-order valence-electron chi connectivity index (χ1n) is 7.91. The van der Waals surface area contributed by atoms with Crippen LogP contribution in [0, 0.1) is 11.8 Å². The van der Waals surface area contributed by atoms with E-state index < -0.39 is 11.6 Å². The summed E-state index contributed by atoms with van der Waals surface area (Å²) in [5.74, 6) is 0.00889. The van der Waals surface area contributed by atoms with Crippen molar-refractivity contribution in [3.8, 4) is 5.75 Å². The van der Waals surface area contributed by atoms with Crippen LogP contribution in [-0.4, -0.2) is 29.8 Å². The Bertz CT molecular complexity index is 460. The van der Waals surface area contributed by atoms with Gasteiger partial charge in [-0.25, -0.2) is 4.79 Å². The normalized spacial score (nSPS) is 25.7. The number of para-hydroxylation sites is 1. The summed E-state index contributed by atoms with van der Waals surface area (Å²) in [5, 5.41) is 14.5. The number of carbonyl (C=O) groups excluding carboxylic acids is 1. The Morgan fingerprint density at radius 3 is 2.48 bits per heavy atom. The van der Waals surface area contributed by atoms with Crippen LogP contribution in [0.2, 0.25) is 0 Å². The molecule has 0 spiro atoms. The standard InChI is InChI=1S/C17H23NO3/c19-16(21-15-8-2-1-3-9-15)17(20,13-6-4-5-7-13)14-10-11-18-12-14/h1-3,8-9,13-14,18,20H,4-7,10-12H2. The average Bonchev–Trinajstić information content (AvgIpc) is 3.21. The third-order valence-corrected chi connectivity index (χ3v) is 4.94. The fourth-order valence-corrected chi connectivity index (χ4v) is 3.74. The summed E-state index contributed by atoms with van der Waals surface area (Å²) in [5.41, 5.74) is -1.35. The van der Waals surface area contributed by atoms with Crippen LogP contribution in [0.25, 0.3) is 0 Å². The van der Waals surface area contributed by atoms with E-state index in [1.165, 1.54) is 0 Å². The van der Waals surface area contributed by atoms with E-state index >= 15 is 0 Å². The number of ether oxygens (including phenoxy) is 1. The number of aliphatic hydroxyl groups is 1. The van der Waals surface area contributed by atoms with E-state index in [4.69, 9.17) is 4.74 Å². The lowest BCUT2D eigenvalue weighted by Gasteiger charge is -2.36. The third kappa shape index (κ3) is 2.83. The van der Waals surface area contributed by atoms with E-state index in [1.54, 1.807) is 12.1 Å². The van der Waals surface area contributed by atoms with Gasteiger partial charge in [0.05, 0.1) is 0 Å². The molecule has 0 radical (unpaired) electrons. The molecule has 2 N–H and O–H groups in total. The second-order valence-electron chi connectivity index (χ2n) is 6.20. The van der Waals surface area contributed by atoms with Gasteiger partial charge in [0.25, 0.3) is 0 Å². The number of carbonyl (C=O) groups is 1. The number of esters is 1. The van der Waals surface area contributed by atoms with Crippen LogP contribution in [-0.2, 0) is 4.79 Å². The maximum Gasteiger partial charge on any atom is 0.344 e. The molecule has 1 aliphatic carbocycles. The minimum absolute atomic E-state index is 0.0265. The van der Waals surface area contributed by atoms with Crippen LogP contribution in [0.5, 0.6) is 5.75 Å². The largest absolute Gasteiger partial charge is 0.424 e. The molecular weight excluding hydrogens is 266 g/mol. The highest BCUT2D eigenvalue weighted by Crippen LogP contribution is 2.41. The van der Waals surface area contributed by atoms with Gasteiger partial charge in [-0.3, -0.25) is 0 Å². The summed E-state index contributed by atoms with van der Waals surface area (Å²) < 4.78 is 5.49. The van der Waals surface area contributed by atoms with Crippen molar-refractivity contribution in [3.63, 3.8) is 0 Å². The predicted molar refractivity (Wildman–Crippen MR) is 80.0 cm³/mol. The quantitative estimate of drug-likeness (QED) is 0.658. The monoisotopic (exact) mass is 289 g/mol. The molecule has 1 aromatic carbocycles. The molecule has 2 atom stereocenters. The van der Waals surface area contributed by atoms with E-state index in [0.29, 0.717) is 12.3 Å². The lowest BCUT2D eigenvalue weighted by atomic mass is 9.75. The summed E-state index contributed by atoms with van der Waals surface area (Å²) in [4.78, 5) is 12.7. The van der Waals surface area contributed by atoms with Crippen molar-refractivity contribution >= 4 is 5.97 Å². The Hall–Kier alpha value is -1.39. The molecular formula is C17H23NO3. The number of hydrogen-bond acceptors (Lipinski definition) is 4. The first kappa shape index (κ1) is 14.5. The predicted octanol–water partition coefficient (Wildman–Crippen LogP) is 2.12. The lowest BCUT2D eigenvalue weighted by Crippen LogP contribution is -2.54. The number of benzene rings is 1. The molecule has 0 aromatic heterocycles. The molecule has 1 aromatic rings. The third-order valence-electron chi connectivity index (χ3n) is 4.94. The van der Waals surface area contributed by atoms with Crippen LogP contribution in [0.4, 0.5) is 0 Å². The Balaban J connectivity index is 1.82. The van der Waals surface area contributed by atoms with Crippen molar-refractivity contribution in [2.24, 2.45) is 11.8 Å². The van der Waals surface area contributed by atoms with Crippen LogP contribution >= 0.6 is 0 Å². The van der Waals surface area contributed by atoms with Gasteiger partial charge in [-0.15, -0.1) is 0 Å². The zero-order valence-corrected chi connectivity index (χ0v) is 12.3. The maximum atomic E-state index is 12.7. The number of nitrogens with one attached hydrogen (secondary N) is 1. The Kier molecular flexibility index (Phi) is 4.27. The van der Waals surface area contributed by atoms with Crippen molar-refractivity contribution in [1.29, 1.82) is 0 Å². The van der Waals surface area contributed by atoms with Gasteiger partial charge in [-0.2, -0.15) is 0 Å². The summed E-state index contributed by atoms with van der Waals surface area (Å²) in [6.45, 7) is 1.55. The molecule has 2 aliphatic rings. The maximum absolute atomic E-state index is 12.7. The van der Waals surface area contributed by atoms with Gasteiger partial charge in [0.1, 0.15) is 5.75 Å².